The van der Waals surface area contributed by atoms with Crippen molar-refractivity contribution in [2.45, 2.75) is 24.8 Å². The van der Waals surface area contributed by atoms with Crippen LogP contribution in [0.2, 0.25) is 0 Å². The Morgan fingerprint density at radius 3 is 3.00 bits per heavy atom. The van der Waals surface area contributed by atoms with Crippen LogP contribution in [-0.2, 0) is 0 Å². The van der Waals surface area contributed by atoms with Crippen LogP contribution in [0.25, 0.3) is 0 Å². The van der Waals surface area contributed by atoms with Crippen LogP contribution in [0.1, 0.15) is 36.5 Å². The number of aromatic nitrogens is 2. The van der Waals surface area contributed by atoms with Gasteiger partial charge < -0.3 is 15.4 Å². The maximum atomic E-state index is 8.71. The number of nitrogens with two attached hydrogens (primary N) is 1. The lowest BCUT2D eigenvalue weighted by molar-refractivity contribution is 0.259. The van der Waals surface area contributed by atoms with E-state index in [9.17, 15) is 0 Å². The minimum Gasteiger partial charge on any atom is -0.394 e. The van der Waals surface area contributed by atoms with E-state index < -0.39 is 6.04 Å². The molecule has 5 heteroatoms. The molecule has 2 rings (SSSR count). The van der Waals surface area contributed by atoms with Crippen LogP contribution >= 0.6 is 0 Å². The van der Waals surface area contributed by atoms with Gasteiger partial charge in [0.2, 0.25) is 5.89 Å². The SMILES string of the molecule is NC(CO)c1noc(C2CC2)n1. The Morgan fingerprint density at radius 2 is 2.42 bits per heavy atom. The summed E-state index contributed by atoms with van der Waals surface area (Å²) in [6.07, 6.45) is 2.24. The Balaban J connectivity index is 2.12. The second kappa shape index (κ2) is 2.84. The molecule has 0 bridgehead atoms. The molecule has 0 aliphatic heterocycles. The van der Waals surface area contributed by atoms with Gasteiger partial charge in [-0.25, -0.2) is 0 Å². The normalized spacial score (nSPS) is 19.5. The van der Waals surface area contributed by atoms with Crippen LogP contribution in [-0.4, -0.2) is 21.9 Å². The Hall–Kier alpha value is -0.940. The van der Waals surface area contributed by atoms with Crippen LogP contribution < -0.4 is 5.73 Å². The van der Waals surface area contributed by atoms with Gasteiger partial charge >= 0.3 is 0 Å². The quantitative estimate of drug-likeness (QED) is 0.662. The van der Waals surface area contributed by atoms with Gasteiger partial charge in [0.15, 0.2) is 5.82 Å². The number of aliphatic hydroxyl groups is 1. The van der Waals surface area contributed by atoms with Crippen molar-refractivity contribution in [1.29, 1.82) is 0 Å². The highest BCUT2D eigenvalue weighted by Gasteiger charge is 2.30. The van der Waals surface area contributed by atoms with Gasteiger partial charge in [-0.3, -0.25) is 0 Å². The topological polar surface area (TPSA) is 85.2 Å². The van der Waals surface area contributed by atoms with Crippen LogP contribution in [0.15, 0.2) is 4.52 Å². The van der Waals surface area contributed by atoms with Crippen molar-refractivity contribution in [3.8, 4) is 0 Å². The van der Waals surface area contributed by atoms with Gasteiger partial charge in [0, 0.05) is 5.92 Å². The monoisotopic (exact) mass is 169 g/mol. The van der Waals surface area contributed by atoms with Gasteiger partial charge in [0.05, 0.1) is 12.6 Å². The van der Waals surface area contributed by atoms with Crippen molar-refractivity contribution >= 4 is 0 Å². The molecule has 1 aliphatic rings. The molecule has 1 heterocycles. The highest BCUT2D eigenvalue weighted by atomic mass is 16.5. The van der Waals surface area contributed by atoms with E-state index >= 15 is 0 Å². The molecule has 0 amide bonds. The van der Waals surface area contributed by atoms with Gasteiger partial charge in [-0.05, 0) is 12.8 Å². The zero-order valence-corrected chi connectivity index (χ0v) is 6.60. The summed E-state index contributed by atoms with van der Waals surface area (Å²) >= 11 is 0. The van der Waals surface area contributed by atoms with Gasteiger partial charge in [-0.15, -0.1) is 0 Å². The van der Waals surface area contributed by atoms with Crippen LogP contribution in [0, 0.1) is 0 Å². The van der Waals surface area contributed by atoms with Gasteiger partial charge in [-0.1, -0.05) is 5.16 Å². The zero-order chi connectivity index (χ0) is 8.55. The minimum atomic E-state index is -0.513. The largest absolute Gasteiger partial charge is 0.394 e. The molecule has 0 aromatic carbocycles. The maximum absolute atomic E-state index is 8.71. The van der Waals surface area contributed by atoms with E-state index in [4.69, 9.17) is 15.4 Å². The predicted octanol–water partition coefficient (Wildman–Crippen LogP) is -0.0609. The summed E-state index contributed by atoms with van der Waals surface area (Å²) in [7, 11) is 0. The molecule has 0 spiro atoms. The average molecular weight is 169 g/mol. The summed E-state index contributed by atoms with van der Waals surface area (Å²) in [5.74, 6) is 1.51. The third-order valence-corrected chi connectivity index (χ3v) is 1.91. The summed E-state index contributed by atoms with van der Waals surface area (Å²) in [6.45, 7) is -0.149. The number of hydrogen-bond acceptors (Lipinski definition) is 5. The van der Waals surface area contributed by atoms with Crippen molar-refractivity contribution < 1.29 is 9.63 Å². The lowest BCUT2D eigenvalue weighted by Gasteiger charge is -1.98. The standard InChI is InChI=1S/C7H11N3O2/c8-5(3-11)6-9-7(12-10-6)4-1-2-4/h4-5,11H,1-3,8H2. The maximum Gasteiger partial charge on any atom is 0.229 e. The van der Waals surface area contributed by atoms with Gasteiger partial charge in [0.25, 0.3) is 0 Å². The molecule has 1 unspecified atom stereocenters. The second-order valence-corrected chi connectivity index (χ2v) is 3.05. The van der Waals surface area contributed by atoms with Gasteiger partial charge in [-0.2, -0.15) is 4.98 Å². The zero-order valence-electron chi connectivity index (χ0n) is 6.60. The highest BCUT2D eigenvalue weighted by molar-refractivity contribution is 5.03. The average Bonchev–Trinajstić information content (AvgIpc) is 2.83. The third kappa shape index (κ3) is 1.33. The predicted molar refractivity (Wildman–Crippen MR) is 40.3 cm³/mol. The molecule has 1 fully saturated rings. The molecule has 1 saturated carbocycles. The van der Waals surface area contributed by atoms with E-state index in [1.807, 2.05) is 0 Å². The number of nitrogens with zero attached hydrogens (tertiary/aromatic N) is 2. The fraction of sp³-hybridized carbons (Fsp3) is 0.714. The molecule has 5 nitrogen and oxygen atoms in total. The van der Waals surface area contributed by atoms with Crippen molar-refractivity contribution in [3.63, 3.8) is 0 Å². The van der Waals surface area contributed by atoms with Crippen LogP contribution in [0.4, 0.5) is 0 Å². The molecule has 0 radical (unpaired) electrons. The summed E-state index contributed by atoms with van der Waals surface area (Å²) in [5, 5.41) is 12.4. The lowest BCUT2D eigenvalue weighted by atomic mass is 10.3. The summed E-state index contributed by atoms with van der Waals surface area (Å²) in [5.41, 5.74) is 5.49. The first kappa shape index (κ1) is 7.70. The fourth-order valence-electron chi connectivity index (χ4n) is 0.976. The highest BCUT2D eigenvalue weighted by Crippen LogP contribution is 2.38. The molecule has 1 aromatic heterocycles. The first-order chi connectivity index (χ1) is 5.81. The van der Waals surface area contributed by atoms with Crippen LogP contribution in [0.3, 0.4) is 0 Å². The smallest absolute Gasteiger partial charge is 0.229 e. The minimum absolute atomic E-state index is 0.149. The Bertz CT molecular complexity index is 269. The van der Waals surface area contributed by atoms with E-state index in [1.165, 1.54) is 0 Å². The molecular formula is C7H11N3O2. The molecule has 3 N–H and O–H groups in total. The van der Waals surface area contributed by atoms with Crippen molar-refractivity contribution in [1.82, 2.24) is 10.1 Å². The molecule has 1 aromatic rings. The molecular weight excluding hydrogens is 158 g/mol. The second-order valence-electron chi connectivity index (χ2n) is 3.05. The first-order valence-corrected chi connectivity index (χ1v) is 4.01. The molecule has 1 aliphatic carbocycles. The summed E-state index contributed by atoms with van der Waals surface area (Å²) in [4.78, 5) is 4.08. The fourth-order valence-corrected chi connectivity index (χ4v) is 0.976. The van der Waals surface area contributed by atoms with E-state index in [1.54, 1.807) is 0 Å². The summed E-state index contributed by atoms with van der Waals surface area (Å²) in [6, 6.07) is -0.513. The van der Waals surface area contributed by atoms with Crippen molar-refractivity contribution in [2.24, 2.45) is 5.73 Å². The molecule has 66 valence electrons. The first-order valence-electron chi connectivity index (χ1n) is 4.01. The number of aliphatic hydroxyl groups excluding tert-OH is 1. The van der Waals surface area contributed by atoms with Crippen molar-refractivity contribution in [3.05, 3.63) is 11.7 Å². The van der Waals surface area contributed by atoms with E-state index in [0.29, 0.717) is 17.6 Å². The van der Waals surface area contributed by atoms with Crippen LogP contribution in [0.5, 0.6) is 0 Å². The Labute approximate surface area is 69.6 Å². The number of hydrogen-bond donors (Lipinski definition) is 2. The molecule has 1 atom stereocenters. The molecule has 0 saturated heterocycles. The van der Waals surface area contributed by atoms with E-state index in [0.717, 1.165) is 12.8 Å². The molecule has 12 heavy (non-hydrogen) atoms. The third-order valence-electron chi connectivity index (χ3n) is 1.91. The summed E-state index contributed by atoms with van der Waals surface area (Å²) < 4.78 is 4.96. The number of rotatable bonds is 3. The van der Waals surface area contributed by atoms with E-state index in [-0.39, 0.29) is 6.61 Å². The Kier molecular flexibility index (Phi) is 1.82. The van der Waals surface area contributed by atoms with Gasteiger partial charge in [0.1, 0.15) is 0 Å². The Morgan fingerprint density at radius 1 is 1.67 bits per heavy atom. The van der Waals surface area contributed by atoms with E-state index in [2.05, 4.69) is 10.1 Å². The lowest BCUT2D eigenvalue weighted by Crippen LogP contribution is -2.15. The van der Waals surface area contributed by atoms with Crippen molar-refractivity contribution in [2.75, 3.05) is 6.61 Å².